The molecule has 1 atom stereocenters. The Balaban J connectivity index is 2.03. The fourth-order valence-corrected chi connectivity index (χ4v) is 1.99. The topological polar surface area (TPSA) is 45.2 Å². The molecule has 2 heterocycles. The van der Waals surface area contributed by atoms with Crippen LogP contribution in [0.15, 0.2) is 24.5 Å². The van der Waals surface area contributed by atoms with Crippen LogP contribution in [-0.4, -0.2) is 23.2 Å². The molecule has 0 aliphatic carbocycles. The highest BCUT2D eigenvalue weighted by atomic mass is 16.3. The first-order chi connectivity index (χ1) is 6.88. The van der Waals surface area contributed by atoms with Crippen LogP contribution in [0.25, 0.3) is 0 Å². The summed E-state index contributed by atoms with van der Waals surface area (Å²) in [4.78, 5) is 3.95. The van der Waals surface area contributed by atoms with Gasteiger partial charge in [-0.3, -0.25) is 4.98 Å². The van der Waals surface area contributed by atoms with Gasteiger partial charge in [0.05, 0.1) is 6.10 Å². The highest BCUT2D eigenvalue weighted by Gasteiger charge is 2.22. The maximum atomic E-state index is 10.1. The molecule has 0 radical (unpaired) electrons. The minimum Gasteiger partial charge on any atom is -0.388 e. The molecule has 3 nitrogen and oxygen atoms in total. The van der Waals surface area contributed by atoms with Crippen LogP contribution >= 0.6 is 0 Å². The van der Waals surface area contributed by atoms with Gasteiger partial charge in [0.15, 0.2) is 0 Å². The van der Waals surface area contributed by atoms with Crippen LogP contribution in [0.1, 0.15) is 24.5 Å². The molecule has 1 aromatic heterocycles. The van der Waals surface area contributed by atoms with E-state index >= 15 is 0 Å². The molecular weight excluding hydrogens is 176 g/mol. The van der Waals surface area contributed by atoms with Crippen LogP contribution in [0, 0.1) is 5.92 Å². The van der Waals surface area contributed by atoms with Gasteiger partial charge in [0, 0.05) is 12.4 Å². The van der Waals surface area contributed by atoms with Gasteiger partial charge in [-0.05, 0) is 49.5 Å². The van der Waals surface area contributed by atoms with Crippen LogP contribution in [0.5, 0.6) is 0 Å². The Labute approximate surface area is 84.2 Å². The van der Waals surface area contributed by atoms with Crippen LogP contribution in [0.4, 0.5) is 0 Å². The van der Waals surface area contributed by atoms with E-state index in [1.54, 1.807) is 12.4 Å². The standard InChI is InChI=1S/C11H16N2O/c14-11(9-1-5-12-6-2-9)10-3-7-13-8-4-10/h1-2,5-6,10-11,13-14H,3-4,7-8H2/t11-/m0/s1. The SMILES string of the molecule is O[C@@H](c1ccncc1)C1CCNCC1. The third-order valence-electron chi connectivity index (χ3n) is 2.88. The van der Waals surface area contributed by atoms with Crippen molar-refractivity contribution in [2.75, 3.05) is 13.1 Å². The molecule has 0 bridgehead atoms. The number of hydrogen-bond donors (Lipinski definition) is 2. The minimum absolute atomic E-state index is 0.319. The number of pyridine rings is 1. The first-order valence-electron chi connectivity index (χ1n) is 5.16. The molecule has 1 aromatic rings. The largest absolute Gasteiger partial charge is 0.388 e. The third kappa shape index (κ3) is 2.11. The van der Waals surface area contributed by atoms with Crippen molar-refractivity contribution >= 4 is 0 Å². The van der Waals surface area contributed by atoms with Crippen molar-refractivity contribution in [3.8, 4) is 0 Å². The Bertz CT molecular complexity index is 270. The first-order valence-corrected chi connectivity index (χ1v) is 5.16. The van der Waals surface area contributed by atoms with Crippen LogP contribution < -0.4 is 5.32 Å². The number of rotatable bonds is 2. The van der Waals surface area contributed by atoms with Crippen molar-refractivity contribution in [3.05, 3.63) is 30.1 Å². The summed E-state index contributed by atoms with van der Waals surface area (Å²) in [6.07, 6.45) is 5.27. The van der Waals surface area contributed by atoms with E-state index in [1.165, 1.54) is 0 Å². The number of hydrogen-bond acceptors (Lipinski definition) is 3. The summed E-state index contributed by atoms with van der Waals surface area (Å²) in [7, 11) is 0. The van der Waals surface area contributed by atoms with Crippen molar-refractivity contribution in [1.82, 2.24) is 10.3 Å². The monoisotopic (exact) mass is 192 g/mol. The van der Waals surface area contributed by atoms with Crippen molar-refractivity contribution in [1.29, 1.82) is 0 Å². The van der Waals surface area contributed by atoms with E-state index < -0.39 is 0 Å². The highest BCUT2D eigenvalue weighted by molar-refractivity contribution is 5.14. The second-order valence-electron chi connectivity index (χ2n) is 3.81. The lowest BCUT2D eigenvalue weighted by atomic mass is 9.88. The van der Waals surface area contributed by atoms with Gasteiger partial charge in [0.2, 0.25) is 0 Å². The van der Waals surface area contributed by atoms with Crippen molar-refractivity contribution in [3.63, 3.8) is 0 Å². The second-order valence-corrected chi connectivity index (χ2v) is 3.81. The van der Waals surface area contributed by atoms with Gasteiger partial charge in [-0.25, -0.2) is 0 Å². The summed E-state index contributed by atoms with van der Waals surface area (Å²) >= 11 is 0. The molecule has 0 unspecified atom stereocenters. The number of aliphatic hydroxyl groups is 1. The Morgan fingerprint density at radius 2 is 1.93 bits per heavy atom. The van der Waals surface area contributed by atoms with E-state index in [9.17, 15) is 5.11 Å². The lowest BCUT2D eigenvalue weighted by molar-refractivity contribution is 0.0888. The van der Waals surface area contributed by atoms with E-state index in [0.717, 1.165) is 31.5 Å². The fraction of sp³-hybridized carbons (Fsp3) is 0.545. The van der Waals surface area contributed by atoms with Crippen LogP contribution in [0.2, 0.25) is 0 Å². The summed E-state index contributed by atoms with van der Waals surface area (Å²) in [5.74, 6) is 0.402. The number of nitrogens with zero attached hydrogens (tertiary/aromatic N) is 1. The second kappa shape index (κ2) is 4.53. The summed E-state index contributed by atoms with van der Waals surface area (Å²) < 4.78 is 0. The van der Waals surface area contributed by atoms with Crippen LogP contribution in [-0.2, 0) is 0 Å². The molecule has 0 saturated carbocycles. The minimum atomic E-state index is -0.319. The Hall–Kier alpha value is -0.930. The molecule has 1 aliphatic heterocycles. The molecule has 1 aliphatic rings. The number of aromatic nitrogens is 1. The van der Waals surface area contributed by atoms with Gasteiger partial charge in [-0.2, -0.15) is 0 Å². The first kappa shape index (κ1) is 9.62. The molecule has 2 N–H and O–H groups in total. The van der Waals surface area contributed by atoms with Crippen molar-refractivity contribution in [2.45, 2.75) is 18.9 Å². The maximum Gasteiger partial charge on any atom is 0.0820 e. The third-order valence-corrected chi connectivity index (χ3v) is 2.88. The fourth-order valence-electron chi connectivity index (χ4n) is 1.99. The summed E-state index contributed by atoms with van der Waals surface area (Å²) in [6.45, 7) is 2.04. The average molecular weight is 192 g/mol. The molecule has 1 fully saturated rings. The molecule has 76 valence electrons. The molecular formula is C11H16N2O. The molecule has 14 heavy (non-hydrogen) atoms. The van der Waals surface area contributed by atoms with Gasteiger partial charge in [-0.1, -0.05) is 0 Å². The molecule has 2 rings (SSSR count). The highest BCUT2D eigenvalue weighted by Crippen LogP contribution is 2.27. The van der Waals surface area contributed by atoms with Crippen molar-refractivity contribution < 1.29 is 5.11 Å². The Morgan fingerprint density at radius 3 is 2.57 bits per heavy atom. The zero-order chi connectivity index (χ0) is 9.80. The summed E-state index contributed by atoms with van der Waals surface area (Å²) in [6, 6.07) is 3.79. The predicted octanol–water partition coefficient (Wildman–Crippen LogP) is 1.11. The van der Waals surface area contributed by atoms with E-state index in [4.69, 9.17) is 0 Å². The van der Waals surface area contributed by atoms with Gasteiger partial charge in [0.25, 0.3) is 0 Å². The Morgan fingerprint density at radius 1 is 1.29 bits per heavy atom. The maximum absolute atomic E-state index is 10.1. The van der Waals surface area contributed by atoms with Gasteiger partial charge >= 0.3 is 0 Å². The number of nitrogens with one attached hydrogen (secondary N) is 1. The van der Waals surface area contributed by atoms with E-state index in [0.29, 0.717) is 5.92 Å². The van der Waals surface area contributed by atoms with Crippen LogP contribution in [0.3, 0.4) is 0 Å². The molecule has 0 spiro atoms. The molecule has 0 amide bonds. The average Bonchev–Trinajstić information content (AvgIpc) is 2.30. The van der Waals surface area contributed by atoms with E-state index in [2.05, 4.69) is 10.3 Å². The van der Waals surface area contributed by atoms with Gasteiger partial charge in [0.1, 0.15) is 0 Å². The molecule has 3 heteroatoms. The predicted molar refractivity (Wildman–Crippen MR) is 54.8 cm³/mol. The molecule has 0 aromatic carbocycles. The lowest BCUT2D eigenvalue weighted by Gasteiger charge is -2.27. The number of piperidine rings is 1. The zero-order valence-electron chi connectivity index (χ0n) is 8.19. The van der Waals surface area contributed by atoms with E-state index in [1.807, 2.05) is 12.1 Å². The zero-order valence-corrected chi connectivity index (χ0v) is 8.19. The van der Waals surface area contributed by atoms with Crippen molar-refractivity contribution in [2.24, 2.45) is 5.92 Å². The van der Waals surface area contributed by atoms with E-state index in [-0.39, 0.29) is 6.10 Å². The van der Waals surface area contributed by atoms with Gasteiger partial charge < -0.3 is 10.4 Å². The normalized spacial score (nSPS) is 20.6. The lowest BCUT2D eigenvalue weighted by Crippen LogP contribution is -2.30. The van der Waals surface area contributed by atoms with Gasteiger partial charge in [-0.15, -0.1) is 0 Å². The quantitative estimate of drug-likeness (QED) is 0.738. The Kier molecular flexibility index (Phi) is 3.11. The smallest absolute Gasteiger partial charge is 0.0820 e. The molecule has 1 saturated heterocycles. The summed E-state index contributed by atoms with van der Waals surface area (Å²) in [5, 5.41) is 13.4. The number of aliphatic hydroxyl groups excluding tert-OH is 1. The summed E-state index contributed by atoms with van der Waals surface area (Å²) in [5.41, 5.74) is 0.993.